The Hall–Kier alpha value is -1.03. The van der Waals surface area contributed by atoms with Gasteiger partial charge in [-0.3, -0.25) is 0 Å². The van der Waals surface area contributed by atoms with Crippen molar-refractivity contribution in [2.24, 2.45) is 0 Å². The predicted molar refractivity (Wildman–Crippen MR) is 56.5 cm³/mol. The van der Waals surface area contributed by atoms with Gasteiger partial charge in [-0.15, -0.1) is 0 Å². The van der Waals surface area contributed by atoms with Gasteiger partial charge in [0.05, 0.1) is 7.11 Å². The summed E-state index contributed by atoms with van der Waals surface area (Å²) in [5, 5.41) is 0.292. The highest BCUT2D eigenvalue weighted by atomic mass is 35.5. The second-order valence-corrected chi connectivity index (χ2v) is 3.89. The maximum absolute atomic E-state index is 5.86. The van der Waals surface area contributed by atoms with E-state index in [1.165, 1.54) is 26.3 Å². The summed E-state index contributed by atoms with van der Waals surface area (Å²) in [5.41, 5.74) is 0. The first-order valence-corrected chi connectivity index (χ1v) is 5.40. The van der Waals surface area contributed by atoms with Crippen LogP contribution in [0.3, 0.4) is 0 Å². The second kappa shape index (κ2) is 4.66. The Morgan fingerprint density at radius 2 is 2.07 bits per heavy atom. The van der Waals surface area contributed by atoms with Crippen LogP contribution in [0.5, 0.6) is 11.6 Å². The van der Waals surface area contributed by atoms with Gasteiger partial charge in [0.2, 0.25) is 5.75 Å². The van der Waals surface area contributed by atoms with Gasteiger partial charge in [0.1, 0.15) is 12.4 Å². The van der Waals surface area contributed by atoms with E-state index in [1.54, 1.807) is 0 Å². The van der Waals surface area contributed by atoms with Crippen molar-refractivity contribution in [2.45, 2.75) is 31.8 Å². The van der Waals surface area contributed by atoms with Crippen LogP contribution in [0.25, 0.3) is 0 Å². The van der Waals surface area contributed by atoms with Crippen LogP contribution in [0.15, 0.2) is 6.33 Å². The van der Waals surface area contributed by atoms with E-state index in [-0.39, 0.29) is 6.10 Å². The monoisotopic (exact) mass is 228 g/mol. The Balaban J connectivity index is 2.15. The van der Waals surface area contributed by atoms with Crippen molar-refractivity contribution in [3.05, 3.63) is 11.5 Å². The summed E-state index contributed by atoms with van der Waals surface area (Å²) in [4.78, 5) is 7.87. The number of rotatable bonds is 3. The molecule has 2 rings (SSSR count). The van der Waals surface area contributed by atoms with Gasteiger partial charge in [0.25, 0.3) is 5.88 Å². The normalized spacial score (nSPS) is 16.7. The standard InChI is InChI=1S/C10H13ClN2O2/c1-14-8-9(11)12-6-13-10(8)15-7-4-2-3-5-7/h6-7H,2-5H2,1H3. The molecule has 0 amide bonds. The van der Waals surface area contributed by atoms with Crippen LogP contribution >= 0.6 is 11.6 Å². The van der Waals surface area contributed by atoms with Crippen LogP contribution in [-0.4, -0.2) is 23.2 Å². The van der Waals surface area contributed by atoms with Gasteiger partial charge >= 0.3 is 0 Å². The van der Waals surface area contributed by atoms with Gasteiger partial charge in [0.15, 0.2) is 5.15 Å². The number of halogens is 1. The van der Waals surface area contributed by atoms with Crippen molar-refractivity contribution in [3.8, 4) is 11.6 Å². The molecule has 1 aromatic rings. The van der Waals surface area contributed by atoms with Gasteiger partial charge in [-0.2, -0.15) is 4.98 Å². The van der Waals surface area contributed by atoms with E-state index < -0.39 is 0 Å². The predicted octanol–water partition coefficient (Wildman–Crippen LogP) is 2.46. The van der Waals surface area contributed by atoms with Gasteiger partial charge in [-0.05, 0) is 25.7 Å². The lowest BCUT2D eigenvalue weighted by molar-refractivity contribution is 0.191. The molecule has 82 valence electrons. The number of hydrogen-bond acceptors (Lipinski definition) is 4. The lowest BCUT2D eigenvalue weighted by atomic mass is 10.3. The second-order valence-electron chi connectivity index (χ2n) is 3.53. The first kappa shape index (κ1) is 10.5. The summed E-state index contributed by atoms with van der Waals surface area (Å²) in [6.07, 6.45) is 6.20. The maximum Gasteiger partial charge on any atom is 0.262 e. The zero-order valence-corrected chi connectivity index (χ0v) is 9.33. The molecule has 1 aliphatic rings. The lowest BCUT2D eigenvalue weighted by Crippen LogP contribution is -2.12. The van der Waals surface area contributed by atoms with E-state index in [1.807, 2.05) is 0 Å². The fourth-order valence-corrected chi connectivity index (χ4v) is 1.96. The van der Waals surface area contributed by atoms with Gasteiger partial charge in [0, 0.05) is 0 Å². The Labute approximate surface area is 93.6 Å². The summed E-state index contributed by atoms with van der Waals surface area (Å²) in [6.45, 7) is 0. The molecule has 0 N–H and O–H groups in total. The van der Waals surface area contributed by atoms with Crippen molar-refractivity contribution in [2.75, 3.05) is 7.11 Å². The first-order valence-electron chi connectivity index (χ1n) is 5.02. The summed E-state index contributed by atoms with van der Waals surface area (Å²) >= 11 is 5.86. The molecule has 0 atom stereocenters. The van der Waals surface area contributed by atoms with E-state index >= 15 is 0 Å². The molecule has 1 saturated carbocycles. The topological polar surface area (TPSA) is 44.2 Å². The van der Waals surface area contributed by atoms with Crippen molar-refractivity contribution < 1.29 is 9.47 Å². The molecule has 0 radical (unpaired) electrons. The molecule has 1 heterocycles. The zero-order valence-electron chi connectivity index (χ0n) is 8.57. The highest BCUT2D eigenvalue weighted by Crippen LogP contribution is 2.33. The highest BCUT2D eigenvalue weighted by molar-refractivity contribution is 6.31. The minimum absolute atomic E-state index is 0.241. The third-order valence-electron chi connectivity index (χ3n) is 2.51. The van der Waals surface area contributed by atoms with Crippen LogP contribution in [0.2, 0.25) is 5.15 Å². The molecule has 1 aliphatic carbocycles. The Kier molecular flexibility index (Phi) is 3.26. The Bertz CT molecular complexity index is 340. The summed E-state index contributed by atoms with van der Waals surface area (Å²) in [5.74, 6) is 0.871. The fraction of sp³-hybridized carbons (Fsp3) is 0.600. The Morgan fingerprint density at radius 1 is 1.33 bits per heavy atom. The molecule has 0 aromatic carbocycles. The number of nitrogens with zero attached hydrogens (tertiary/aromatic N) is 2. The van der Waals surface area contributed by atoms with E-state index in [4.69, 9.17) is 21.1 Å². The molecule has 15 heavy (non-hydrogen) atoms. The van der Waals surface area contributed by atoms with Crippen molar-refractivity contribution in [3.63, 3.8) is 0 Å². The Morgan fingerprint density at radius 3 is 2.73 bits per heavy atom. The van der Waals surface area contributed by atoms with E-state index in [9.17, 15) is 0 Å². The molecule has 0 aliphatic heterocycles. The van der Waals surface area contributed by atoms with Crippen molar-refractivity contribution in [1.29, 1.82) is 0 Å². The third kappa shape index (κ3) is 2.31. The molecular weight excluding hydrogens is 216 g/mol. The molecule has 0 saturated heterocycles. The van der Waals surface area contributed by atoms with Crippen LogP contribution in [0, 0.1) is 0 Å². The fourth-order valence-electron chi connectivity index (χ4n) is 1.76. The molecule has 1 fully saturated rings. The summed E-state index contributed by atoms with van der Waals surface area (Å²) in [7, 11) is 1.53. The van der Waals surface area contributed by atoms with Gasteiger partial charge < -0.3 is 9.47 Å². The van der Waals surface area contributed by atoms with E-state index in [0.717, 1.165) is 12.8 Å². The van der Waals surface area contributed by atoms with E-state index in [0.29, 0.717) is 16.8 Å². The lowest BCUT2D eigenvalue weighted by Gasteiger charge is -2.14. The molecular formula is C10H13ClN2O2. The van der Waals surface area contributed by atoms with Crippen LogP contribution in [0.1, 0.15) is 25.7 Å². The van der Waals surface area contributed by atoms with E-state index in [2.05, 4.69) is 9.97 Å². The molecule has 5 heteroatoms. The van der Waals surface area contributed by atoms with Crippen LogP contribution < -0.4 is 9.47 Å². The smallest absolute Gasteiger partial charge is 0.262 e. The highest BCUT2D eigenvalue weighted by Gasteiger charge is 2.20. The summed E-state index contributed by atoms with van der Waals surface area (Å²) in [6, 6.07) is 0. The zero-order chi connectivity index (χ0) is 10.7. The average Bonchev–Trinajstić information content (AvgIpc) is 2.71. The largest absolute Gasteiger partial charge is 0.489 e. The van der Waals surface area contributed by atoms with Gasteiger partial charge in [-0.25, -0.2) is 4.98 Å². The minimum atomic E-state index is 0.241. The van der Waals surface area contributed by atoms with Gasteiger partial charge in [-0.1, -0.05) is 11.6 Å². The van der Waals surface area contributed by atoms with Crippen LogP contribution in [0.4, 0.5) is 0 Å². The number of methoxy groups -OCH3 is 1. The molecule has 0 unspecified atom stereocenters. The molecule has 1 aromatic heterocycles. The van der Waals surface area contributed by atoms with Crippen molar-refractivity contribution >= 4 is 11.6 Å². The van der Waals surface area contributed by atoms with Crippen LogP contribution in [-0.2, 0) is 0 Å². The third-order valence-corrected chi connectivity index (χ3v) is 2.78. The molecule has 4 nitrogen and oxygen atoms in total. The number of hydrogen-bond donors (Lipinski definition) is 0. The number of aromatic nitrogens is 2. The maximum atomic E-state index is 5.86. The average molecular weight is 229 g/mol. The molecule has 0 bridgehead atoms. The molecule has 0 spiro atoms. The number of ether oxygens (including phenoxy) is 2. The quantitative estimate of drug-likeness (QED) is 0.746. The first-order chi connectivity index (χ1) is 7.31. The SMILES string of the molecule is COc1c(Cl)ncnc1OC1CCCC1. The summed E-state index contributed by atoms with van der Waals surface area (Å²) < 4.78 is 10.8. The minimum Gasteiger partial charge on any atom is -0.489 e. The van der Waals surface area contributed by atoms with Crippen molar-refractivity contribution in [1.82, 2.24) is 9.97 Å².